The highest BCUT2D eigenvalue weighted by molar-refractivity contribution is 6.05. The van der Waals surface area contributed by atoms with E-state index < -0.39 is 61.2 Å². The molecule has 1 aliphatic carbocycles. The van der Waals surface area contributed by atoms with Crippen LogP contribution in [0.4, 0.5) is 0 Å². The number of hydrogen-bond donors (Lipinski definition) is 5. The van der Waals surface area contributed by atoms with Crippen molar-refractivity contribution in [2.75, 3.05) is 6.61 Å². The minimum absolute atomic E-state index is 0.317. The zero-order valence-corrected chi connectivity index (χ0v) is 12.4. The van der Waals surface area contributed by atoms with Crippen molar-refractivity contribution in [3.05, 3.63) is 0 Å². The van der Waals surface area contributed by atoms with E-state index in [1.165, 1.54) is 0 Å². The van der Waals surface area contributed by atoms with Gasteiger partial charge in [-0.15, -0.1) is 0 Å². The maximum atomic E-state index is 11.9. The second-order valence-corrected chi connectivity index (χ2v) is 6.29. The zero-order chi connectivity index (χ0) is 16.7. The summed E-state index contributed by atoms with van der Waals surface area (Å²) in [4.78, 5) is 23.7. The van der Waals surface area contributed by atoms with Gasteiger partial charge in [-0.05, 0) is 12.8 Å². The quantitative estimate of drug-likeness (QED) is 0.350. The first-order chi connectivity index (χ1) is 10.9. The van der Waals surface area contributed by atoms with E-state index in [2.05, 4.69) is 5.32 Å². The number of carbonyl (C=O) groups excluding carboxylic acids is 2. The van der Waals surface area contributed by atoms with Crippen molar-refractivity contribution in [2.45, 2.75) is 56.1 Å². The number of amides is 2. The fraction of sp³-hybridized carbons (Fsp3) is 0.857. The van der Waals surface area contributed by atoms with Gasteiger partial charge in [0, 0.05) is 0 Å². The lowest BCUT2D eigenvalue weighted by atomic mass is 9.79. The van der Waals surface area contributed by atoms with Gasteiger partial charge < -0.3 is 29.9 Å². The Kier molecular flexibility index (Phi) is 4.68. The van der Waals surface area contributed by atoms with Crippen LogP contribution in [0.25, 0.3) is 0 Å². The number of carbonyl (C=O) groups is 2. The molecule has 2 amide bonds. The molecule has 3 fully saturated rings. The van der Waals surface area contributed by atoms with E-state index in [0.717, 1.165) is 0 Å². The number of ether oxygens (including phenoxy) is 2. The molecule has 0 aromatic heterocycles. The lowest BCUT2D eigenvalue weighted by Crippen LogP contribution is -2.60. The molecule has 1 saturated carbocycles. The van der Waals surface area contributed by atoms with Gasteiger partial charge in [-0.3, -0.25) is 14.9 Å². The summed E-state index contributed by atoms with van der Waals surface area (Å²) in [5.41, 5.74) is 0. The number of aliphatic hydroxyl groups is 4. The normalized spacial score (nSPS) is 47.3. The minimum Gasteiger partial charge on any atom is -0.394 e. The van der Waals surface area contributed by atoms with Gasteiger partial charge in [0.2, 0.25) is 11.8 Å². The molecule has 23 heavy (non-hydrogen) atoms. The van der Waals surface area contributed by atoms with Crippen LogP contribution in [0.3, 0.4) is 0 Å². The van der Waals surface area contributed by atoms with E-state index in [-0.39, 0.29) is 5.91 Å². The summed E-state index contributed by atoms with van der Waals surface area (Å²) in [6, 6.07) is 0. The number of imide groups is 1. The van der Waals surface area contributed by atoms with E-state index in [1.54, 1.807) is 0 Å². The number of fused-ring (bicyclic) bond motifs is 1. The average molecular weight is 331 g/mol. The van der Waals surface area contributed by atoms with Crippen molar-refractivity contribution in [3.8, 4) is 0 Å². The maximum Gasteiger partial charge on any atom is 0.233 e. The van der Waals surface area contributed by atoms with Crippen LogP contribution >= 0.6 is 0 Å². The van der Waals surface area contributed by atoms with E-state index >= 15 is 0 Å². The van der Waals surface area contributed by atoms with Crippen molar-refractivity contribution >= 4 is 11.8 Å². The molecule has 2 heterocycles. The number of aliphatic hydroxyl groups excluding tert-OH is 4. The SMILES string of the molecule is O=C1NC(=O)C2C(O[C@@H]3O[C@H](CO)[C@@H](O)[C@H](O)[C@H]3O)CCCC12. The van der Waals surface area contributed by atoms with Gasteiger partial charge in [0.15, 0.2) is 6.29 Å². The van der Waals surface area contributed by atoms with E-state index in [9.17, 15) is 30.0 Å². The number of nitrogens with one attached hydrogen (secondary N) is 1. The van der Waals surface area contributed by atoms with Crippen molar-refractivity contribution in [3.63, 3.8) is 0 Å². The summed E-state index contributed by atoms with van der Waals surface area (Å²) in [5, 5.41) is 41.0. The Balaban J connectivity index is 1.72. The summed E-state index contributed by atoms with van der Waals surface area (Å²) in [5.74, 6) is -1.83. The van der Waals surface area contributed by atoms with Crippen LogP contribution < -0.4 is 5.32 Å². The molecular formula is C14H21NO8. The van der Waals surface area contributed by atoms with Crippen LogP contribution in [0, 0.1) is 11.8 Å². The standard InChI is InChI=1S/C14H21NO8/c16-4-7-9(17)10(18)11(19)14(23-7)22-6-3-1-2-5-8(6)13(21)15-12(5)20/h5-11,14,16-19H,1-4H2,(H,15,20,21)/t5?,6?,7-,8?,9-,10+,11-,14-/m1/s1. The fourth-order valence-electron chi connectivity index (χ4n) is 3.61. The molecule has 2 saturated heterocycles. The van der Waals surface area contributed by atoms with Gasteiger partial charge in [0.1, 0.15) is 24.4 Å². The second-order valence-electron chi connectivity index (χ2n) is 6.29. The Morgan fingerprint density at radius 1 is 1.09 bits per heavy atom. The second kappa shape index (κ2) is 6.42. The van der Waals surface area contributed by atoms with Crippen LogP contribution in [0.5, 0.6) is 0 Å². The summed E-state index contributed by atoms with van der Waals surface area (Å²) < 4.78 is 11.0. The van der Waals surface area contributed by atoms with Crippen molar-refractivity contribution in [1.29, 1.82) is 0 Å². The van der Waals surface area contributed by atoms with Crippen molar-refractivity contribution in [2.24, 2.45) is 11.8 Å². The van der Waals surface area contributed by atoms with Gasteiger partial charge >= 0.3 is 0 Å². The zero-order valence-electron chi connectivity index (χ0n) is 12.4. The van der Waals surface area contributed by atoms with Crippen LogP contribution in [0.1, 0.15) is 19.3 Å². The highest BCUT2D eigenvalue weighted by atomic mass is 16.7. The molecule has 0 radical (unpaired) electrons. The third-order valence-corrected chi connectivity index (χ3v) is 4.88. The first-order valence-electron chi connectivity index (χ1n) is 7.74. The molecule has 0 aromatic carbocycles. The molecule has 3 aliphatic rings. The first kappa shape index (κ1) is 16.7. The molecule has 5 N–H and O–H groups in total. The summed E-state index contributed by atoms with van der Waals surface area (Å²) >= 11 is 0. The molecule has 2 aliphatic heterocycles. The van der Waals surface area contributed by atoms with E-state index in [4.69, 9.17) is 9.47 Å². The third kappa shape index (κ3) is 2.88. The third-order valence-electron chi connectivity index (χ3n) is 4.88. The molecule has 0 bridgehead atoms. The Morgan fingerprint density at radius 2 is 1.83 bits per heavy atom. The predicted molar refractivity (Wildman–Crippen MR) is 72.6 cm³/mol. The molecule has 0 aromatic rings. The van der Waals surface area contributed by atoms with Crippen LogP contribution in [0.2, 0.25) is 0 Å². The predicted octanol–water partition coefficient (Wildman–Crippen LogP) is -2.76. The maximum absolute atomic E-state index is 11.9. The Labute approximate surface area is 132 Å². The Hall–Kier alpha value is -1.10. The molecule has 8 atom stereocenters. The minimum atomic E-state index is -1.54. The molecule has 9 heteroatoms. The molecule has 3 rings (SSSR count). The van der Waals surface area contributed by atoms with Gasteiger partial charge in [0.05, 0.1) is 24.5 Å². The summed E-state index contributed by atoms with van der Waals surface area (Å²) in [6.45, 7) is -0.555. The lowest BCUT2D eigenvalue weighted by molar-refractivity contribution is -0.316. The van der Waals surface area contributed by atoms with Crippen LogP contribution in [0.15, 0.2) is 0 Å². The lowest BCUT2D eigenvalue weighted by Gasteiger charge is -2.42. The molecule has 3 unspecified atom stereocenters. The molecular weight excluding hydrogens is 310 g/mol. The smallest absolute Gasteiger partial charge is 0.233 e. The topological polar surface area (TPSA) is 146 Å². The van der Waals surface area contributed by atoms with Gasteiger partial charge in [-0.2, -0.15) is 0 Å². The highest BCUT2D eigenvalue weighted by Crippen LogP contribution is 2.37. The van der Waals surface area contributed by atoms with E-state index in [0.29, 0.717) is 19.3 Å². The van der Waals surface area contributed by atoms with Crippen molar-refractivity contribution < 1.29 is 39.5 Å². The van der Waals surface area contributed by atoms with Gasteiger partial charge in [-0.1, -0.05) is 6.42 Å². The highest BCUT2D eigenvalue weighted by Gasteiger charge is 2.51. The Bertz CT molecular complexity index is 483. The molecule has 0 spiro atoms. The van der Waals surface area contributed by atoms with Crippen molar-refractivity contribution in [1.82, 2.24) is 5.32 Å². The van der Waals surface area contributed by atoms with Gasteiger partial charge in [-0.25, -0.2) is 0 Å². The number of rotatable bonds is 3. The average Bonchev–Trinajstić information content (AvgIpc) is 2.83. The summed E-state index contributed by atoms with van der Waals surface area (Å²) in [6.07, 6.45) is -5.74. The fourth-order valence-corrected chi connectivity index (χ4v) is 3.61. The largest absolute Gasteiger partial charge is 0.394 e. The molecule has 130 valence electrons. The summed E-state index contributed by atoms with van der Waals surface area (Å²) in [7, 11) is 0. The number of hydrogen-bond acceptors (Lipinski definition) is 8. The first-order valence-corrected chi connectivity index (χ1v) is 7.74. The monoisotopic (exact) mass is 331 g/mol. The van der Waals surface area contributed by atoms with Crippen LogP contribution in [-0.4, -0.2) is 75.7 Å². The van der Waals surface area contributed by atoms with E-state index in [1.807, 2.05) is 0 Å². The van der Waals surface area contributed by atoms with Gasteiger partial charge in [0.25, 0.3) is 0 Å². The van der Waals surface area contributed by atoms with Crippen LogP contribution in [-0.2, 0) is 19.1 Å². The molecule has 9 nitrogen and oxygen atoms in total. The Morgan fingerprint density at radius 3 is 2.52 bits per heavy atom.